The van der Waals surface area contributed by atoms with Crippen molar-refractivity contribution in [3.63, 3.8) is 0 Å². The van der Waals surface area contributed by atoms with E-state index < -0.39 is 40.8 Å². The molecule has 4 aromatic rings. The van der Waals surface area contributed by atoms with E-state index in [2.05, 4.69) is 0 Å². The van der Waals surface area contributed by atoms with E-state index in [1.165, 1.54) is 48.4 Å². The molecule has 4 aromatic carbocycles. The molecular formula is C30H16F8. The third-order valence-electron chi connectivity index (χ3n) is 5.54. The van der Waals surface area contributed by atoms with Crippen molar-refractivity contribution in [1.82, 2.24) is 0 Å². The minimum Gasteiger partial charge on any atom is -0.206 e. The highest BCUT2D eigenvalue weighted by Gasteiger charge is 2.24. The molecule has 0 aliphatic rings. The number of rotatable bonds is 4. The van der Waals surface area contributed by atoms with Crippen LogP contribution in [0.25, 0.3) is 35.1 Å². The summed E-state index contributed by atoms with van der Waals surface area (Å²) in [7, 11) is 0. The van der Waals surface area contributed by atoms with E-state index in [4.69, 9.17) is 0 Å². The average molecular weight is 528 g/mol. The van der Waals surface area contributed by atoms with Crippen molar-refractivity contribution in [2.75, 3.05) is 0 Å². The molecule has 0 heterocycles. The molecule has 0 nitrogen and oxygen atoms in total. The predicted octanol–water partition coefficient (Wildman–Crippen LogP) is 9.10. The first-order valence-electron chi connectivity index (χ1n) is 11.0. The van der Waals surface area contributed by atoms with E-state index in [0.29, 0.717) is 5.56 Å². The molecule has 0 aromatic heterocycles. The van der Waals surface area contributed by atoms with Crippen molar-refractivity contribution >= 4 is 35.1 Å². The summed E-state index contributed by atoms with van der Waals surface area (Å²) in [5.74, 6) is -2.48. The second-order valence-corrected chi connectivity index (χ2v) is 8.37. The number of hydrogen-bond acceptors (Lipinski definition) is 0. The number of alkyl halides is 3. The van der Waals surface area contributed by atoms with Crippen LogP contribution >= 0.6 is 0 Å². The van der Waals surface area contributed by atoms with Crippen LogP contribution in [-0.4, -0.2) is 6.18 Å². The molecule has 0 unspecified atom stereocenters. The summed E-state index contributed by atoms with van der Waals surface area (Å²) in [6.07, 6.45) is 0.292. The maximum atomic E-state index is 14.6. The van der Waals surface area contributed by atoms with Gasteiger partial charge >= 0.3 is 6.18 Å². The molecule has 0 saturated heterocycles. The minimum absolute atomic E-state index is 0.0180. The molecule has 0 aliphatic carbocycles. The van der Waals surface area contributed by atoms with Gasteiger partial charge in [-0.2, -0.15) is 13.2 Å². The van der Waals surface area contributed by atoms with Gasteiger partial charge in [0.15, 0.2) is 0 Å². The van der Waals surface area contributed by atoms with Crippen LogP contribution in [0.1, 0.15) is 33.4 Å². The predicted molar refractivity (Wildman–Crippen MR) is 132 cm³/mol. The molecule has 0 fully saturated rings. The van der Waals surface area contributed by atoms with Gasteiger partial charge in [0.25, 0.3) is 0 Å². The molecule has 0 atom stereocenters. The number of fused-ring (bicyclic) bond motifs is 1. The van der Waals surface area contributed by atoms with Crippen LogP contribution in [0.15, 0.2) is 54.6 Å². The van der Waals surface area contributed by atoms with E-state index in [9.17, 15) is 35.1 Å². The molecule has 0 radical (unpaired) electrons. The first-order chi connectivity index (χ1) is 17.9. The summed E-state index contributed by atoms with van der Waals surface area (Å²) >= 11 is 0. The number of hydrogen-bond donors (Lipinski definition) is 0. The molecule has 0 saturated carbocycles. The molecule has 0 bridgehead atoms. The Kier molecular flexibility index (Phi) is 7.40. The molecule has 38 heavy (non-hydrogen) atoms. The highest BCUT2D eigenvalue weighted by molar-refractivity contribution is 5.88. The topological polar surface area (TPSA) is 0 Å². The van der Waals surface area contributed by atoms with Gasteiger partial charge in [0.2, 0.25) is 0 Å². The summed E-state index contributed by atoms with van der Waals surface area (Å²) in [6.45, 7) is 1.73. The fourth-order valence-corrected chi connectivity index (χ4v) is 3.69. The lowest BCUT2D eigenvalue weighted by atomic mass is 10.0. The molecule has 192 valence electrons. The third kappa shape index (κ3) is 6.12. The fourth-order valence-electron chi connectivity index (χ4n) is 3.69. The molecule has 0 N–H and O–H groups in total. The number of halogens is 8. The van der Waals surface area contributed by atoms with Crippen LogP contribution in [0.4, 0.5) is 35.1 Å². The molecule has 0 amide bonds. The fraction of sp³-hybridized carbons (Fsp3) is 0.0667. The summed E-state index contributed by atoms with van der Waals surface area (Å²) in [5.41, 5.74) is 0.0836. The van der Waals surface area contributed by atoms with Crippen LogP contribution in [0.5, 0.6) is 0 Å². The van der Waals surface area contributed by atoms with Crippen molar-refractivity contribution in [2.45, 2.75) is 13.1 Å². The van der Waals surface area contributed by atoms with Crippen molar-refractivity contribution in [3.8, 4) is 11.8 Å². The Hall–Kier alpha value is -4.38. The zero-order valence-electron chi connectivity index (χ0n) is 19.5. The van der Waals surface area contributed by atoms with Crippen molar-refractivity contribution in [2.24, 2.45) is 0 Å². The average Bonchev–Trinajstić information content (AvgIpc) is 2.82. The van der Waals surface area contributed by atoms with Gasteiger partial charge in [-0.15, -0.1) is 0 Å². The molecule has 0 aliphatic heterocycles. The van der Waals surface area contributed by atoms with Crippen LogP contribution < -0.4 is 0 Å². The lowest BCUT2D eigenvalue weighted by Crippen LogP contribution is -2.02. The zero-order chi connectivity index (χ0) is 27.6. The monoisotopic (exact) mass is 528 g/mol. The van der Waals surface area contributed by atoms with Gasteiger partial charge < -0.3 is 0 Å². The smallest absolute Gasteiger partial charge is 0.206 e. The van der Waals surface area contributed by atoms with Gasteiger partial charge in [-0.3, -0.25) is 0 Å². The summed E-state index contributed by atoms with van der Waals surface area (Å²) < 4.78 is 109. The Morgan fingerprint density at radius 1 is 0.658 bits per heavy atom. The Bertz CT molecular complexity index is 1640. The lowest BCUT2D eigenvalue weighted by molar-refractivity contribution is -0.0696. The summed E-state index contributed by atoms with van der Waals surface area (Å²) in [6, 6.07) is 11.4. The summed E-state index contributed by atoms with van der Waals surface area (Å²) in [4.78, 5) is 0. The Morgan fingerprint density at radius 3 is 2.00 bits per heavy atom. The van der Waals surface area contributed by atoms with Gasteiger partial charge in [-0.05, 0) is 65.4 Å². The van der Waals surface area contributed by atoms with Gasteiger partial charge in [-0.1, -0.05) is 48.4 Å². The first-order valence-corrected chi connectivity index (χ1v) is 11.0. The second kappa shape index (κ2) is 10.5. The summed E-state index contributed by atoms with van der Waals surface area (Å²) in [5, 5.41) is -0.155. The molecule has 4 rings (SSSR count). The Labute approximate surface area is 212 Å². The Morgan fingerprint density at radius 2 is 1.34 bits per heavy atom. The normalized spacial score (nSPS) is 11.9. The maximum absolute atomic E-state index is 14.6. The number of aryl methyl sites for hydroxylation is 1. The van der Waals surface area contributed by atoms with Crippen LogP contribution in [0.2, 0.25) is 0 Å². The van der Waals surface area contributed by atoms with E-state index in [0.717, 1.165) is 35.8 Å². The van der Waals surface area contributed by atoms with Crippen molar-refractivity contribution < 1.29 is 35.1 Å². The second-order valence-electron chi connectivity index (χ2n) is 8.37. The first kappa shape index (κ1) is 26.7. The van der Waals surface area contributed by atoms with Crippen LogP contribution in [0, 0.1) is 47.9 Å². The van der Waals surface area contributed by atoms with Gasteiger partial charge in [0.05, 0.1) is 5.56 Å². The molecule has 8 heteroatoms. The largest absolute Gasteiger partial charge is 0.458 e. The van der Waals surface area contributed by atoms with Crippen molar-refractivity contribution in [1.29, 1.82) is 0 Å². The number of benzene rings is 4. The molecule has 0 spiro atoms. The van der Waals surface area contributed by atoms with E-state index in [1.54, 1.807) is 19.1 Å². The maximum Gasteiger partial charge on any atom is 0.458 e. The van der Waals surface area contributed by atoms with Gasteiger partial charge in [0, 0.05) is 22.4 Å². The lowest BCUT2D eigenvalue weighted by Gasteiger charge is -2.06. The third-order valence-corrected chi connectivity index (χ3v) is 5.54. The highest BCUT2D eigenvalue weighted by atomic mass is 19.4. The quantitative estimate of drug-likeness (QED) is 0.141. The minimum atomic E-state index is -4.92. The van der Waals surface area contributed by atoms with E-state index in [1.807, 2.05) is 0 Å². The zero-order valence-corrected chi connectivity index (χ0v) is 19.5. The van der Waals surface area contributed by atoms with Crippen LogP contribution in [0.3, 0.4) is 0 Å². The molecular weight excluding hydrogens is 512 g/mol. The van der Waals surface area contributed by atoms with Crippen LogP contribution in [-0.2, 0) is 0 Å². The highest BCUT2D eigenvalue weighted by Crippen LogP contribution is 2.27. The Balaban J connectivity index is 1.61. The van der Waals surface area contributed by atoms with E-state index in [-0.39, 0.29) is 27.5 Å². The SMILES string of the molecule is Cc1ccc(/C=C/c2cc(F)c(/C=C/c3ccc4c(F)c(C#CC(F)(F)F)c(F)cc4c3)c(F)c2)c(F)c1. The van der Waals surface area contributed by atoms with Gasteiger partial charge in [0.1, 0.15) is 29.1 Å². The van der Waals surface area contributed by atoms with E-state index >= 15 is 0 Å². The standard InChI is InChI=1S/C30H16F8/c1-17-2-6-20(25(31)12-17)7-3-19-14-26(32)23(27(33)15-19)9-5-18-4-8-22-21(13-18)16-28(34)24(29(22)35)10-11-30(36,37)38/h2-9,12-16H,1H3/b7-3+,9-5+. The van der Waals surface area contributed by atoms with Gasteiger partial charge in [-0.25, -0.2) is 22.0 Å². The van der Waals surface area contributed by atoms with Crippen molar-refractivity contribution in [3.05, 3.63) is 117 Å².